The Morgan fingerprint density at radius 1 is 1.17 bits per heavy atom. The van der Waals surface area contributed by atoms with Crippen molar-refractivity contribution in [1.82, 2.24) is 14.7 Å². The Morgan fingerprint density at radius 3 is 2.35 bits per heavy atom. The molecule has 0 aromatic rings. The number of rotatable bonds is 3. The van der Waals surface area contributed by atoms with E-state index in [1.54, 1.807) is 4.90 Å². The topological polar surface area (TPSA) is 53.1 Å². The molecule has 0 N–H and O–H groups in total. The highest BCUT2D eigenvalue weighted by atomic mass is 16.6. The van der Waals surface area contributed by atoms with Gasteiger partial charge >= 0.3 is 6.09 Å². The molecule has 6 heteroatoms. The fourth-order valence-corrected chi connectivity index (χ4v) is 3.18. The van der Waals surface area contributed by atoms with Gasteiger partial charge in [0.2, 0.25) is 5.91 Å². The number of piperazine rings is 1. The zero-order valence-corrected chi connectivity index (χ0v) is 14.7. The summed E-state index contributed by atoms with van der Waals surface area (Å²) >= 11 is 0. The van der Waals surface area contributed by atoms with Crippen LogP contribution in [-0.2, 0) is 9.53 Å². The van der Waals surface area contributed by atoms with E-state index in [1.807, 2.05) is 25.7 Å². The predicted molar refractivity (Wildman–Crippen MR) is 89.2 cm³/mol. The molecular formula is C17H29N3O3. The van der Waals surface area contributed by atoms with Crippen molar-refractivity contribution in [3.8, 4) is 0 Å². The number of amides is 2. The number of likely N-dealkylation sites (tertiary alicyclic amines) is 1. The smallest absolute Gasteiger partial charge is 0.410 e. The normalized spacial score (nSPS) is 23.4. The highest BCUT2D eigenvalue weighted by Crippen LogP contribution is 2.23. The molecule has 2 saturated heterocycles. The summed E-state index contributed by atoms with van der Waals surface area (Å²) in [5.41, 5.74) is -0.463. The van der Waals surface area contributed by atoms with Gasteiger partial charge in [-0.2, -0.15) is 0 Å². The average molecular weight is 323 g/mol. The highest BCUT2D eigenvalue weighted by molar-refractivity contribution is 5.87. The summed E-state index contributed by atoms with van der Waals surface area (Å²) in [6.07, 6.45) is 2.12. The van der Waals surface area contributed by atoms with Crippen molar-refractivity contribution in [2.75, 3.05) is 32.7 Å². The molecule has 1 unspecified atom stereocenters. The Balaban J connectivity index is 1.89. The Morgan fingerprint density at radius 2 is 1.83 bits per heavy atom. The van der Waals surface area contributed by atoms with Crippen molar-refractivity contribution in [2.24, 2.45) is 0 Å². The van der Waals surface area contributed by atoms with Crippen LogP contribution in [0.25, 0.3) is 0 Å². The van der Waals surface area contributed by atoms with Crippen LogP contribution in [-0.4, -0.2) is 77.1 Å². The Labute approximate surface area is 139 Å². The molecule has 0 bridgehead atoms. The third-order valence-corrected chi connectivity index (χ3v) is 4.47. The van der Waals surface area contributed by atoms with Gasteiger partial charge in [0, 0.05) is 44.8 Å². The lowest BCUT2D eigenvalue weighted by Gasteiger charge is -2.51. The van der Waals surface area contributed by atoms with Crippen molar-refractivity contribution in [1.29, 1.82) is 0 Å². The number of carbonyl (C=O) groups is 2. The molecule has 1 atom stereocenters. The quantitative estimate of drug-likeness (QED) is 0.742. The lowest BCUT2D eigenvalue weighted by molar-refractivity contribution is -0.135. The van der Waals surface area contributed by atoms with E-state index in [1.165, 1.54) is 6.08 Å². The van der Waals surface area contributed by atoms with Crippen LogP contribution in [0.4, 0.5) is 4.79 Å². The van der Waals surface area contributed by atoms with E-state index in [4.69, 9.17) is 4.74 Å². The minimum absolute atomic E-state index is 0.00156. The molecule has 23 heavy (non-hydrogen) atoms. The number of carbonyl (C=O) groups excluding carboxylic acids is 2. The van der Waals surface area contributed by atoms with Crippen molar-refractivity contribution >= 4 is 12.0 Å². The molecule has 6 nitrogen and oxygen atoms in total. The number of hydrogen-bond donors (Lipinski definition) is 0. The van der Waals surface area contributed by atoms with E-state index < -0.39 is 5.60 Å². The van der Waals surface area contributed by atoms with Crippen molar-refractivity contribution < 1.29 is 14.3 Å². The Bertz CT molecular complexity index is 466. The third-order valence-electron chi connectivity index (χ3n) is 4.47. The lowest BCUT2D eigenvalue weighted by atomic mass is 10.0. The molecule has 0 aromatic heterocycles. The molecule has 2 aliphatic rings. The van der Waals surface area contributed by atoms with Crippen LogP contribution in [0.1, 0.15) is 34.1 Å². The van der Waals surface area contributed by atoms with Gasteiger partial charge in [-0.1, -0.05) is 13.5 Å². The van der Waals surface area contributed by atoms with E-state index in [0.29, 0.717) is 25.2 Å². The summed E-state index contributed by atoms with van der Waals surface area (Å²) < 4.78 is 5.47. The average Bonchev–Trinajstić information content (AvgIpc) is 2.43. The number of nitrogens with zero attached hydrogens (tertiary/aromatic N) is 3. The molecule has 0 spiro atoms. The molecule has 2 heterocycles. The minimum atomic E-state index is -0.463. The summed E-state index contributed by atoms with van der Waals surface area (Å²) in [6.45, 7) is 15.0. The van der Waals surface area contributed by atoms with Crippen molar-refractivity contribution in [3.05, 3.63) is 12.7 Å². The maximum atomic E-state index is 12.2. The second-order valence-corrected chi connectivity index (χ2v) is 7.33. The standard InChI is InChI=1S/C17H29N3O3/c1-6-13-10-18(16(22)23-17(3,4)5)8-9-20(13)14-11-19(12-14)15(21)7-2/h7,13-14H,2,6,8-12H2,1,3-5H3. The van der Waals surface area contributed by atoms with Gasteiger partial charge < -0.3 is 14.5 Å². The third kappa shape index (κ3) is 4.25. The van der Waals surface area contributed by atoms with Gasteiger partial charge in [0.05, 0.1) is 0 Å². The van der Waals surface area contributed by atoms with Gasteiger partial charge in [0.25, 0.3) is 0 Å². The van der Waals surface area contributed by atoms with Crippen LogP contribution in [0.5, 0.6) is 0 Å². The number of hydrogen-bond acceptors (Lipinski definition) is 4. The first-order chi connectivity index (χ1) is 10.7. The maximum Gasteiger partial charge on any atom is 0.410 e. The summed E-state index contributed by atoms with van der Waals surface area (Å²) in [5, 5.41) is 0. The largest absolute Gasteiger partial charge is 0.444 e. The van der Waals surface area contributed by atoms with Gasteiger partial charge in [0.1, 0.15) is 5.60 Å². The summed E-state index contributed by atoms with van der Waals surface area (Å²) in [7, 11) is 0. The molecule has 2 rings (SSSR count). The molecule has 2 amide bonds. The van der Waals surface area contributed by atoms with Crippen LogP contribution in [0.15, 0.2) is 12.7 Å². The molecule has 0 aliphatic carbocycles. The van der Waals surface area contributed by atoms with Gasteiger partial charge in [0.15, 0.2) is 0 Å². The van der Waals surface area contributed by atoms with Gasteiger partial charge in [-0.15, -0.1) is 0 Å². The first-order valence-electron chi connectivity index (χ1n) is 8.40. The molecule has 2 fully saturated rings. The molecular weight excluding hydrogens is 294 g/mol. The second-order valence-electron chi connectivity index (χ2n) is 7.33. The van der Waals surface area contributed by atoms with Gasteiger partial charge in [-0.25, -0.2) is 4.79 Å². The molecule has 130 valence electrons. The molecule has 0 radical (unpaired) electrons. The van der Waals surface area contributed by atoms with Crippen LogP contribution in [0, 0.1) is 0 Å². The monoisotopic (exact) mass is 323 g/mol. The van der Waals surface area contributed by atoms with Gasteiger partial charge in [-0.05, 0) is 33.3 Å². The van der Waals surface area contributed by atoms with Crippen LogP contribution >= 0.6 is 0 Å². The summed E-state index contributed by atoms with van der Waals surface area (Å²) in [6, 6.07) is 0.715. The zero-order valence-electron chi connectivity index (χ0n) is 14.7. The first-order valence-corrected chi connectivity index (χ1v) is 8.40. The minimum Gasteiger partial charge on any atom is -0.444 e. The highest BCUT2D eigenvalue weighted by Gasteiger charge is 2.40. The first kappa shape index (κ1) is 17.8. The van der Waals surface area contributed by atoms with Crippen LogP contribution < -0.4 is 0 Å². The van der Waals surface area contributed by atoms with Crippen LogP contribution in [0.3, 0.4) is 0 Å². The van der Waals surface area contributed by atoms with Gasteiger partial charge in [-0.3, -0.25) is 9.69 Å². The van der Waals surface area contributed by atoms with E-state index >= 15 is 0 Å². The lowest BCUT2D eigenvalue weighted by Crippen LogP contribution is -2.67. The SMILES string of the molecule is C=CC(=O)N1CC(N2CCN(C(=O)OC(C)(C)C)CC2CC)C1. The summed E-state index contributed by atoms with van der Waals surface area (Å²) in [4.78, 5) is 29.9. The van der Waals surface area contributed by atoms with Crippen molar-refractivity contribution in [2.45, 2.75) is 51.8 Å². The zero-order chi connectivity index (χ0) is 17.2. The predicted octanol–water partition coefficient (Wildman–Crippen LogP) is 1.71. The second kappa shape index (κ2) is 6.91. The fourth-order valence-electron chi connectivity index (χ4n) is 3.18. The number of ether oxygens (including phenoxy) is 1. The molecule has 0 saturated carbocycles. The fraction of sp³-hybridized carbons (Fsp3) is 0.765. The van der Waals surface area contributed by atoms with Crippen LogP contribution in [0.2, 0.25) is 0 Å². The van der Waals surface area contributed by atoms with E-state index in [2.05, 4.69) is 18.4 Å². The van der Waals surface area contributed by atoms with Crippen molar-refractivity contribution in [3.63, 3.8) is 0 Å². The Hall–Kier alpha value is -1.56. The summed E-state index contributed by atoms with van der Waals surface area (Å²) in [5.74, 6) is 0.00156. The van der Waals surface area contributed by atoms with E-state index in [0.717, 1.165) is 26.1 Å². The molecule has 0 aromatic carbocycles. The van der Waals surface area contributed by atoms with E-state index in [-0.39, 0.29) is 12.0 Å². The maximum absolute atomic E-state index is 12.2. The van der Waals surface area contributed by atoms with E-state index in [9.17, 15) is 9.59 Å². The Kier molecular flexibility index (Phi) is 5.34. The molecule has 2 aliphatic heterocycles.